The molecule has 0 bridgehead atoms. The number of rotatable bonds is 6. The maximum Gasteiger partial charge on any atom is 0.0999 e. The Morgan fingerprint density at radius 1 is 0.933 bits per heavy atom. The van der Waals surface area contributed by atoms with Gasteiger partial charge in [-0.3, -0.25) is 9.36 Å². The van der Waals surface area contributed by atoms with Crippen molar-refractivity contribution in [2.45, 2.75) is 70.9 Å². The molecule has 0 aromatic carbocycles. The van der Waals surface area contributed by atoms with Gasteiger partial charge in [-0.25, -0.2) is 9.50 Å². The van der Waals surface area contributed by atoms with Crippen LogP contribution in [-0.4, -0.2) is 34.2 Å². The minimum absolute atomic E-state index is 0.414. The molecule has 0 spiro atoms. The van der Waals surface area contributed by atoms with Crippen molar-refractivity contribution in [2.75, 3.05) is 0 Å². The lowest BCUT2D eigenvalue weighted by Crippen LogP contribution is -2.12. The second kappa shape index (κ2) is 8.05. The first-order valence-corrected chi connectivity index (χ1v) is 11.2. The van der Waals surface area contributed by atoms with Crippen molar-refractivity contribution >= 4 is 5.52 Å². The van der Waals surface area contributed by atoms with Crippen LogP contribution < -0.4 is 0 Å². The molecule has 0 atom stereocenters. The quantitative estimate of drug-likeness (QED) is 0.437. The third kappa shape index (κ3) is 3.42. The van der Waals surface area contributed by atoms with E-state index in [0.717, 1.165) is 40.9 Å². The van der Waals surface area contributed by atoms with Crippen LogP contribution in [0.1, 0.15) is 70.9 Å². The van der Waals surface area contributed by atoms with E-state index in [1.54, 1.807) is 0 Å². The van der Waals surface area contributed by atoms with Gasteiger partial charge in [-0.2, -0.15) is 15.3 Å². The highest BCUT2D eigenvalue weighted by Gasteiger charge is 2.18. The second-order valence-electron chi connectivity index (χ2n) is 8.32. The minimum Gasteiger partial charge on any atom is -0.269 e. The Morgan fingerprint density at radius 3 is 2.53 bits per heavy atom. The average molecular weight is 404 g/mol. The van der Waals surface area contributed by atoms with E-state index in [4.69, 9.17) is 4.98 Å². The van der Waals surface area contributed by atoms with Gasteiger partial charge < -0.3 is 0 Å². The van der Waals surface area contributed by atoms with Crippen molar-refractivity contribution in [3.8, 4) is 22.5 Å². The van der Waals surface area contributed by atoms with E-state index >= 15 is 0 Å². The normalized spacial score (nSPS) is 15.4. The van der Waals surface area contributed by atoms with Crippen LogP contribution in [0.15, 0.2) is 43.2 Å². The lowest BCUT2D eigenvalue weighted by molar-refractivity contribution is 0.329. The zero-order valence-electron chi connectivity index (χ0n) is 17.8. The van der Waals surface area contributed by atoms with Gasteiger partial charge in [-0.1, -0.05) is 33.1 Å². The Balaban J connectivity index is 1.53. The maximum absolute atomic E-state index is 5.03. The first-order valence-electron chi connectivity index (χ1n) is 11.2. The molecule has 4 aromatic heterocycles. The molecule has 0 amide bonds. The Hall–Kier alpha value is -2.96. The number of hydrogen-bond acceptors (Lipinski definition) is 4. The molecule has 0 radical (unpaired) electrons. The summed E-state index contributed by atoms with van der Waals surface area (Å²) in [6.07, 6.45) is 20.4. The van der Waals surface area contributed by atoms with Gasteiger partial charge >= 0.3 is 0 Å². The van der Waals surface area contributed by atoms with E-state index in [1.807, 2.05) is 35.4 Å². The molecule has 5 rings (SSSR count). The molecule has 7 heteroatoms. The molecule has 1 fully saturated rings. The molecular weight excluding hydrogens is 374 g/mol. The van der Waals surface area contributed by atoms with Crippen LogP contribution in [0.4, 0.5) is 0 Å². The second-order valence-corrected chi connectivity index (χ2v) is 8.32. The summed E-state index contributed by atoms with van der Waals surface area (Å²) in [6, 6.07) is 2.93. The van der Waals surface area contributed by atoms with Crippen molar-refractivity contribution in [3.05, 3.63) is 43.2 Å². The van der Waals surface area contributed by atoms with Crippen LogP contribution in [0, 0.1) is 0 Å². The summed E-state index contributed by atoms with van der Waals surface area (Å²) in [6.45, 7) is 4.40. The maximum atomic E-state index is 5.03. The van der Waals surface area contributed by atoms with E-state index in [2.05, 4.69) is 50.9 Å². The van der Waals surface area contributed by atoms with Crippen molar-refractivity contribution < 1.29 is 0 Å². The number of aromatic nitrogens is 7. The highest BCUT2D eigenvalue weighted by molar-refractivity contribution is 5.78. The predicted octanol–water partition coefficient (Wildman–Crippen LogP) is 5.32. The molecule has 1 saturated carbocycles. The van der Waals surface area contributed by atoms with E-state index in [0.29, 0.717) is 12.1 Å². The van der Waals surface area contributed by atoms with E-state index in [-0.39, 0.29) is 0 Å². The van der Waals surface area contributed by atoms with Gasteiger partial charge in [-0.05, 0) is 31.7 Å². The zero-order valence-corrected chi connectivity index (χ0v) is 17.8. The van der Waals surface area contributed by atoms with Gasteiger partial charge in [0.2, 0.25) is 0 Å². The van der Waals surface area contributed by atoms with Crippen LogP contribution in [0.25, 0.3) is 28.0 Å². The lowest BCUT2D eigenvalue weighted by Gasteiger charge is -2.21. The van der Waals surface area contributed by atoms with Gasteiger partial charge in [0.25, 0.3) is 0 Å². The molecule has 0 unspecified atom stereocenters. The van der Waals surface area contributed by atoms with Crippen LogP contribution in [0.2, 0.25) is 0 Å². The molecule has 1 aliphatic carbocycles. The fraction of sp³-hybridized carbons (Fsp3) is 0.478. The molecule has 0 N–H and O–H groups in total. The summed E-state index contributed by atoms with van der Waals surface area (Å²) in [5.41, 5.74) is 4.84. The zero-order chi connectivity index (χ0) is 20.5. The SMILES string of the molecule is CCC(CC)n1cc(-c2nc(-c3cnn(C4CCCCC4)c3)cn3nccc23)cn1. The van der Waals surface area contributed by atoms with Crippen LogP contribution >= 0.6 is 0 Å². The molecule has 0 aliphatic heterocycles. The summed E-state index contributed by atoms with van der Waals surface area (Å²) in [7, 11) is 0. The summed E-state index contributed by atoms with van der Waals surface area (Å²) < 4.78 is 6.11. The Morgan fingerprint density at radius 2 is 1.73 bits per heavy atom. The predicted molar refractivity (Wildman–Crippen MR) is 117 cm³/mol. The van der Waals surface area contributed by atoms with Gasteiger partial charge in [0.1, 0.15) is 0 Å². The van der Waals surface area contributed by atoms with Crippen LogP contribution in [0.5, 0.6) is 0 Å². The van der Waals surface area contributed by atoms with E-state index < -0.39 is 0 Å². The number of fused-ring (bicyclic) bond motifs is 1. The lowest BCUT2D eigenvalue weighted by atomic mass is 9.96. The highest BCUT2D eigenvalue weighted by Crippen LogP contribution is 2.31. The first-order chi connectivity index (χ1) is 14.8. The Bertz CT molecular complexity index is 1130. The van der Waals surface area contributed by atoms with Crippen molar-refractivity contribution in [3.63, 3.8) is 0 Å². The smallest absolute Gasteiger partial charge is 0.0999 e. The number of nitrogens with zero attached hydrogens (tertiary/aromatic N) is 7. The molecular formula is C23H29N7. The highest BCUT2D eigenvalue weighted by atomic mass is 15.3. The van der Waals surface area contributed by atoms with Gasteiger partial charge in [0.15, 0.2) is 0 Å². The molecule has 0 saturated heterocycles. The third-order valence-electron chi connectivity index (χ3n) is 6.43. The Kier molecular flexibility index (Phi) is 5.11. The van der Waals surface area contributed by atoms with Crippen LogP contribution in [0.3, 0.4) is 0 Å². The number of hydrogen-bond donors (Lipinski definition) is 0. The monoisotopic (exact) mass is 403 g/mol. The molecule has 4 heterocycles. The first kappa shape index (κ1) is 19.0. The molecule has 4 aromatic rings. The Labute approximate surface area is 176 Å². The van der Waals surface area contributed by atoms with Crippen LogP contribution in [-0.2, 0) is 0 Å². The third-order valence-corrected chi connectivity index (χ3v) is 6.43. The standard InChI is InChI=1S/C23H29N7/c1-3-19(4-2)28-15-18(13-26-28)23-22-10-11-24-30(22)16-21(27-23)17-12-25-29(14-17)20-8-6-5-7-9-20/h10-16,19-20H,3-9H2,1-2H3. The average Bonchev–Trinajstić information content (AvgIpc) is 3.54. The molecule has 30 heavy (non-hydrogen) atoms. The summed E-state index contributed by atoms with van der Waals surface area (Å²) in [5.74, 6) is 0. The minimum atomic E-state index is 0.414. The largest absolute Gasteiger partial charge is 0.269 e. The fourth-order valence-corrected chi connectivity index (χ4v) is 4.62. The summed E-state index contributed by atoms with van der Waals surface area (Å²) in [4.78, 5) is 5.03. The molecule has 156 valence electrons. The van der Waals surface area contributed by atoms with Gasteiger partial charge in [-0.15, -0.1) is 0 Å². The van der Waals surface area contributed by atoms with Crippen molar-refractivity contribution in [2.24, 2.45) is 0 Å². The summed E-state index contributed by atoms with van der Waals surface area (Å²) in [5, 5.41) is 13.8. The van der Waals surface area contributed by atoms with E-state index in [9.17, 15) is 0 Å². The summed E-state index contributed by atoms with van der Waals surface area (Å²) >= 11 is 0. The van der Waals surface area contributed by atoms with Crippen molar-refractivity contribution in [1.82, 2.24) is 34.2 Å². The molecule has 1 aliphatic rings. The topological polar surface area (TPSA) is 65.8 Å². The van der Waals surface area contributed by atoms with E-state index in [1.165, 1.54) is 32.1 Å². The fourth-order valence-electron chi connectivity index (χ4n) is 4.62. The molecule has 7 nitrogen and oxygen atoms in total. The van der Waals surface area contributed by atoms with Gasteiger partial charge in [0, 0.05) is 23.5 Å². The van der Waals surface area contributed by atoms with Gasteiger partial charge in [0.05, 0.1) is 53.8 Å². The van der Waals surface area contributed by atoms with Crippen molar-refractivity contribution in [1.29, 1.82) is 0 Å².